The van der Waals surface area contributed by atoms with Crippen LogP contribution in [0, 0.1) is 5.41 Å². The highest BCUT2D eigenvalue weighted by molar-refractivity contribution is 5.66. The van der Waals surface area contributed by atoms with Gasteiger partial charge in [0.1, 0.15) is 11.9 Å². The predicted molar refractivity (Wildman–Crippen MR) is 118 cm³/mol. The lowest BCUT2D eigenvalue weighted by Gasteiger charge is -2.31. The van der Waals surface area contributed by atoms with E-state index in [9.17, 15) is 10.0 Å². The largest absolute Gasteiger partial charge is 0.497 e. The van der Waals surface area contributed by atoms with Gasteiger partial charge in [-0.1, -0.05) is 63.2 Å². The highest BCUT2D eigenvalue weighted by Gasteiger charge is 2.31. The second-order valence-electron chi connectivity index (χ2n) is 8.37. The van der Waals surface area contributed by atoms with E-state index in [0.717, 1.165) is 24.3 Å². The maximum Gasteiger partial charge on any atom is 0.434 e. The molecular weight excluding hydrogens is 380 g/mol. The van der Waals surface area contributed by atoms with Gasteiger partial charge in [-0.05, 0) is 49.2 Å². The minimum Gasteiger partial charge on any atom is -0.497 e. The summed E-state index contributed by atoms with van der Waals surface area (Å²) in [6.45, 7) is 7.75. The van der Waals surface area contributed by atoms with Crippen molar-refractivity contribution < 1.29 is 19.5 Å². The van der Waals surface area contributed by atoms with Gasteiger partial charge in [0.2, 0.25) is 0 Å². The van der Waals surface area contributed by atoms with Gasteiger partial charge >= 0.3 is 6.09 Å². The Morgan fingerprint density at radius 1 is 1.07 bits per heavy atom. The van der Waals surface area contributed by atoms with Crippen molar-refractivity contribution in [2.24, 2.45) is 5.41 Å². The summed E-state index contributed by atoms with van der Waals surface area (Å²) in [5, 5.41) is 14.1. The summed E-state index contributed by atoms with van der Waals surface area (Å²) in [5.41, 5.74) is 1.85. The standard InChI is InChI=1S/C24H34N2O4/c1-24(2,3)22(20-9-6-5-7-10-20)30-23(27)26(28)18-8-16-25-17-15-19-11-13-21(29-4)14-12-19/h5-7,9-14,22,25,28H,8,15-18H2,1-4H3. The van der Waals surface area contributed by atoms with E-state index in [4.69, 9.17) is 9.47 Å². The minimum atomic E-state index is -0.725. The van der Waals surface area contributed by atoms with Crippen molar-refractivity contribution in [3.05, 3.63) is 65.7 Å². The topological polar surface area (TPSA) is 71.0 Å². The van der Waals surface area contributed by atoms with E-state index in [1.165, 1.54) is 5.56 Å². The Morgan fingerprint density at radius 2 is 1.73 bits per heavy atom. The zero-order chi connectivity index (χ0) is 22.0. The third kappa shape index (κ3) is 7.69. The lowest BCUT2D eigenvalue weighted by Crippen LogP contribution is -2.34. The maximum absolute atomic E-state index is 12.4. The molecule has 0 bridgehead atoms. The Balaban J connectivity index is 1.70. The summed E-state index contributed by atoms with van der Waals surface area (Å²) in [6.07, 6.45) is 0.361. The number of hydrogen-bond donors (Lipinski definition) is 2. The smallest absolute Gasteiger partial charge is 0.434 e. The van der Waals surface area contributed by atoms with Crippen molar-refractivity contribution in [3.8, 4) is 5.75 Å². The van der Waals surface area contributed by atoms with Crippen LogP contribution in [0.1, 0.15) is 44.4 Å². The highest BCUT2D eigenvalue weighted by Crippen LogP contribution is 2.36. The molecule has 0 spiro atoms. The summed E-state index contributed by atoms with van der Waals surface area (Å²) >= 11 is 0. The number of nitrogens with zero attached hydrogens (tertiary/aromatic N) is 1. The monoisotopic (exact) mass is 414 g/mol. The molecule has 0 heterocycles. The van der Waals surface area contributed by atoms with Crippen LogP contribution in [0.4, 0.5) is 4.79 Å². The molecule has 0 saturated heterocycles. The first-order valence-corrected chi connectivity index (χ1v) is 10.4. The Labute approximate surface area is 179 Å². The first-order chi connectivity index (χ1) is 14.3. The van der Waals surface area contributed by atoms with Gasteiger partial charge in [0.05, 0.1) is 13.7 Å². The van der Waals surface area contributed by atoms with Gasteiger partial charge in [0.15, 0.2) is 0 Å². The molecule has 6 heteroatoms. The number of carbonyl (C=O) groups is 1. The van der Waals surface area contributed by atoms with Gasteiger partial charge in [0.25, 0.3) is 0 Å². The normalized spacial score (nSPS) is 12.3. The first kappa shape index (κ1) is 23.7. The van der Waals surface area contributed by atoms with E-state index < -0.39 is 12.2 Å². The molecule has 6 nitrogen and oxygen atoms in total. The maximum atomic E-state index is 12.4. The summed E-state index contributed by atoms with van der Waals surface area (Å²) in [5.74, 6) is 0.850. The number of carbonyl (C=O) groups excluding carboxylic acids is 1. The molecular formula is C24H34N2O4. The SMILES string of the molecule is COc1ccc(CCNCCCN(O)C(=O)OC(c2ccccc2)C(C)(C)C)cc1. The number of nitrogens with one attached hydrogen (secondary N) is 1. The molecule has 0 aliphatic heterocycles. The molecule has 1 amide bonds. The predicted octanol–water partition coefficient (Wildman–Crippen LogP) is 4.83. The minimum absolute atomic E-state index is 0.208. The fraction of sp³-hybridized carbons (Fsp3) is 0.458. The molecule has 1 unspecified atom stereocenters. The van der Waals surface area contributed by atoms with E-state index in [2.05, 4.69) is 5.32 Å². The Kier molecular flexibility index (Phi) is 9.15. The lowest BCUT2D eigenvalue weighted by atomic mass is 9.84. The van der Waals surface area contributed by atoms with Crippen LogP contribution in [-0.4, -0.2) is 43.1 Å². The number of methoxy groups -OCH3 is 1. The van der Waals surface area contributed by atoms with Crippen LogP contribution in [0.2, 0.25) is 0 Å². The van der Waals surface area contributed by atoms with Crippen LogP contribution in [-0.2, 0) is 11.2 Å². The zero-order valence-corrected chi connectivity index (χ0v) is 18.4. The van der Waals surface area contributed by atoms with Gasteiger partial charge < -0.3 is 14.8 Å². The van der Waals surface area contributed by atoms with E-state index in [0.29, 0.717) is 18.0 Å². The average Bonchev–Trinajstić information content (AvgIpc) is 2.74. The number of hydrogen-bond acceptors (Lipinski definition) is 5. The van der Waals surface area contributed by atoms with E-state index in [1.807, 2.05) is 75.4 Å². The van der Waals surface area contributed by atoms with Crippen molar-refractivity contribution in [1.82, 2.24) is 10.4 Å². The van der Waals surface area contributed by atoms with E-state index >= 15 is 0 Å². The van der Waals surface area contributed by atoms with Crippen molar-refractivity contribution in [1.29, 1.82) is 0 Å². The van der Waals surface area contributed by atoms with Crippen molar-refractivity contribution >= 4 is 6.09 Å². The summed E-state index contributed by atoms with van der Waals surface area (Å²) in [7, 11) is 1.65. The van der Waals surface area contributed by atoms with Crippen molar-refractivity contribution in [3.63, 3.8) is 0 Å². The Morgan fingerprint density at radius 3 is 2.33 bits per heavy atom. The quantitative estimate of drug-likeness (QED) is 0.331. The number of rotatable bonds is 10. The van der Waals surface area contributed by atoms with E-state index in [1.54, 1.807) is 7.11 Å². The lowest BCUT2D eigenvalue weighted by molar-refractivity contribution is -0.0959. The molecule has 2 aromatic rings. The van der Waals surface area contributed by atoms with Gasteiger partial charge in [-0.2, -0.15) is 5.06 Å². The number of ether oxygens (including phenoxy) is 2. The Bertz CT molecular complexity index is 757. The first-order valence-electron chi connectivity index (χ1n) is 10.4. The molecule has 0 saturated carbocycles. The molecule has 2 aromatic carbocycles. The fourth-order valence-corrected chi connectivity index (χ4v) is 3.13. The third-order valence-electron chi connectivity index (χ3n) is 4.79. The Hall–Kier alpha value is -2.57. The summed E-state index contributed by atoms with van der Waals surface area (Å²) in [6, 6.07) is 17.6. The van der Waals surface area contributed by atoms with Crippen LogP contribution in [0.3, 0.4) is 0 Å². The fourth-order valence-electron chi connectivity index (χ4n) is 3.13. The van der Waals surface area contributed by atoms with Gasteiger partial charge in [-0.3, -0.25) is 5.21 Å². The molecule has 2 N–H and O–H groups in total. The molecule has 0 radical (unpaired) electrons. The third-order valence-corrected chi connectivity index (χ3v) is 4.79. The average molecular weight is 415 g/mol. The highest BCUT2D eigenvalue weighted by atomic mass is 16.6. The second kappa shape index (κ2) is 11.6. The molecule has 30 heavy (non-hydrogen) atoms. The van der Waals surface area contributed by atoms with Gasteiger partial charge in [0, 0.05) is 5.41 Å². The van der Waals surface area contributed by atoms with Crippen LogP contribution < -0.4 is 10.1 Å². The van der Waals surface area contributed by atoms with Crippen LogP contribution in [0.5, 0.6) is 5.75 Å². The van der Waals surface area contributed by atoms with Crippen LogP contribution >= 0.6 is 0 Å². The number of benzene rings is 2. The number of hydroxylamine groups is 2. The van der Waals surface area contributed by atoms with Crippen molar-refractivity contribution in [2.45, 2.75) is 39.7 Å². The molecule has 1 atom stereocenters. The molecule has 2 rings (SSSR count). The van der Waals surface area contributed by atoms with Crippen LogP contribution in [0.15, 0.2) is 54.6 Å². The van der Waals surface area contributed by atoms with Crippen molar-refractivity contribution in [2.75, 3.05) is 26.7 Å². The van der Waals surface area contributed by atoms with Gasteiger partial charge in [-0.25, -0.2) is 4.79 Å². The summed E-state index contributed by atoms with van der Waals surface area (Å²) in [4.78, 5) is 12.4. The second-order valence-corrected chi connectivity index (χ2v) is 8.37. The van der Waals surface area contributed by atoms with Gasteiger partial charge in [-0.15, -0.1) is 0 Å². The molecule has 0 aliphatic carbocycles. The van der Waals surface area contributed by atoms with Crippen LogP contribution in [0.25, 0.3) is 0 Å². The summed E-state index contributed by atoms with van der Waals surface area (Å²) < 4.78 is 10.8. The number of amides is 1. The van der Waals surface area contributed by atoms with E-state index in [-0.39, 0.29) is 12.0 Å². The molecule has 0 aliphatic rings. The molecule has 164 valence electrons. The zero-order valence-electron chi connectivity index (χ0n) is 18.4. The molecule has 0 fully saturated rings. The molecule has 0 aromatic heterocycles.